The number of carboxylic acid groups (broad SMARTS) is 1. The van der Waals surface area contributed by atoms with Gasteiger partial charge in [-0.3, -0.25) is 4.79 Å². The van der Waals surface area contributed by atoms with Crippen LogP contribution >= 0.6 is 0 Å². The van der Waals surface area contributed by atoms with Crippen LogP contribution in [0.5, 0.6) is 0 Å². The fraction of sp³-hybridized carbons (Fsp3) is 0.800. The number of aliphatic carboxylic acids is 1. The lowest BCUT2D eigenvalue weighted by Crippen LogP contribution is -2.44. The first-order valence-electron chi connectivity index (χ1n) is 5.41. The number of nitrogens with two attached hydrogens (primary N) is 1. The van der Waals surface area contributed by atoms with Crippen LogP contribution in [0.15, 0.2) is 0 Å². The predicted molar refractivity (Wildman–Crippen MR) is 61.1 cm³/mol. The summed E-state index contributed by atoms with van der Waals surface area (Å²) in [6.07, 6.45) is 1.17. The molecule has 1 unspecified atom stereocenters. The normalized spacial score (nSPS) is 13.9. The van der Waals surface area contributed by atoms with E-state index in [1.807, 2.05) is 0 Å². The smallest absolute Gasteiger partial charge is 0.314 e. The molecule has 0 aromatic heterocycles. The Balaban J connectivity index is 3.93. The monoisotopic (exact) mass is 231 g/mol. The lowest BCUT2D eigenvalue weighted by atomic mass is 9.88. The molecule has 0 radical (unpaired) electrons. The molecule has 0 heterocycles. The van der Waals surface area contributed by atoms with E-state index in [4.69, 9.17) is 10.8 Å². The van der Waals surface area contributed by atoms with Crippen LogP contribution in [0.4, 0.5) is 4.79 Å². The number of amides is 2. The molecule has 16 heavy (non-hydrogen) atoms. The molecule has 0 aliphatic carbocycles. The molecule has 0 aliphatic heterocycles. The van der Waals surface area contributed by atoms with E-state index in [9.17, 15) is 9.59 Å². The lowest BCUT2D eigenvalue weighted by molar-refractivity contribution is -0.147. The number of carbonyl (C=O) groups is 2. The van der Waals surface area contributed by atoms with Crippen molar-refractivity contribution >= 4 is 12.0 Å². The summed E-state index contributed by atoms with van der Waals surface area (Å²) in [6.45, 7) is 4.52. The van der Waals surface area contributed by atoms with Crippen LogP contribution in [0.2, 0.25) is 0 Å². The van der Waals surface area contributed by atoms with Crippen molar-refractivity contribution in [2.24, 2.45) is 11.1 Å². The summed E-state index contributed by atoms with van der Waals surface area (Å²) < 4.78 is 0. The van der Waals surface area contributed by atoms with Crippen LogP contribution in [0.1, 0.15) is 26.7 Å². The summed E-state index contributed by atoms with van der Waals surface area (Å²) in [5.41, 5.74) is 4.36. The van der Waals surface area contributed by atoms with Crippen LogP contribution in [-0.4, -0.2) is 36.7 Å². The molecule has 0 rings (SSSR count). The van der Waals surface area contributed by atoms with E-state index in [1.165, 1.54) is 0 Å². The summed E-state index contributed by atoms with van der Waals surface area (Å²) in [5.74, 6) is -0.905. The van der Waals surface area contributed by atoms with Crippen molar-refractivity contribution in [3.05, 3.63) is 0 Å². The summed E-state index contributed by atoms with van der Waals surface area (Å²) in [6, 6.07) is -0.352. The van der Waals surface area contributed by atoms with Crippen LogP contribution < -0.4 is 16.4 Å². The summed E-state index contributed by atoms with van der Waals surface area (Å²) >= 11 is 0. The Morgan fingerprint density at radius 2 is 2.00 bits per heavy atom. The Morgan fingerprint density at radius 1 is 1.38 bits per heavy atom. The number of hydrogen-bond donors (Lipinski definition) is 4. The first-order chi connectivity index (χ1) is 7.46. The third kappa shape index (κ3) is 4.97. The van der Waals surface area contributed by atoms with E-state index < -0.39 is 11.4 Å². The number of rotatable bonds is 7. The highest BCUT2D eigenvalue weighted by atomic mass is 16.4. The fourth-order valence-electron chi connectivity index (χ4n) is 0.994. The third-order valence-corrected chi connectivity index (χ3v) is 2.60. The van der Waals surface area contributed by atoms with Crippen LogP contribution in [-0.2, 0) is 4.79 Å². The van der Waals surface area contributed by atoms with Gasteiger partial charge >= 0.3 is 12.0 Å². The van der Waals surface area contributed by atoms with Gasteiger partial charge in [0.2, 0.25) is 0 Å². The van der Waals surface area contributed by atoms with Crippen LogP contribution in [0.3, 0.4) is 0 Å². The van der Waals surface area contributed by atoms with Crippen molar-refractivity contribution in [1.82, 2.24) is 10.6 Å². The lowest BCUT2D eigenvalue weighted by Gasteiger charge is -2.23. The van der Waals surface area contributed by atoms with Gasteiger partial charge in [-0.1, -0.05) is 6.92 Å². The van der Waals surface area contributed by atoms with Crippen molar-refractivity contribution in [3.63, 3.8) is 0 Å². The summed E-state index contributed by atoms with van der Waals surface area (Å²) in [4.78, 5) is 22.2. The Kier molecular flexibility index (Phi) is 6.48. The highest BCUT2D eigenvalue weighted by molar-refractivity contribution is 5.77. The van der Waals surface area contributed by atoms with Crippen LogP contribution in [0.25, 0.3) is 0 Å². The van der Waals surface area contributed by atoms with E-state index >= 15 is 0 Å². The second kappa shape index (κ2) is 7.05. The predicted octanol–water partition coefficient (Wildman–Crippen LogP) is 0.135. The third-order valence-electron chi connectivity index (χ3n) is 2.60. The van der Waals surface area contributed by atoms with Crippen molar-refractivity contribution in [2.45, 2.75) is 26.7 Å². The minimum Gasteiger partial charge on any atom is -0.481 e. The van der Waals surface area contributed by atoms with E-state index in [0.717, 1.165) is 0 Å². The first kappa shape index (κ1) is 14.7. The van der Waals surface area contributed by atoms with Gasteiger partial charge in [0.25, 0.3) is 0 Å². The molecule has 94 valence electrons. The minimum absolute atomic E-state index is 0.118. The number of urea groups is 1. The Labute approximate surface area is 95.6 Å². The SMILES string of the molecule is CCC(C)(CNC(=O)NCCCN)C(=O)O. The Bertz CT molecular complexity index is 245. The number of carboxylic acids is 1. The molecule has 0 saturated heterocycles. The number of hydrogen-bond acceptors (Lipinski definition) is 3. The van der Waals surface area contributed by atoms with Gasteiger partial charge < -0.3 is 21.5 Å². The van der Waals surface area contributed by atoms with Gasteiger partial charge in [-0.15, -0.1) is 0 Å². The summed E-state index contributed by atoms with van der Waals surface area (Å²) in [5, 5.41) is 14.1. The zero-order valence-corrected chi connectivity index (χ0v) is 9.88. The van der Waals surface area contributed by atoms with Gasteiger partial charge in [-0.2, -0.15) is 0 Å². The molecule has 0 aromatic rings. The van der Waals surface area contributed by atoms with E-state index in [0.29, 0.717) is 25.9 Å². The van der Waals surface area contributed by atoms with Gasteiger partial charge in [0.1, 0.15) is 0 Å². The molecule has 0 saturated carbocycles. The van der Waals surface area contributed by atoms with Crippen LogP contribution in [0, 0.1) is 5.41 Å². The zero-order chi connectivity index (χ0) is 12.6. The molecule has 0 aromatic carbocycles. The van der Waals surface area contributed by atoms with Crippen molar-refractivity contribution in [3.8, 4) is 0 Å². The number of carbonyl (C=O) groups excluding carboxylic acids is 1. The Hall–Kier alpha value is -1.30. The van der Waals surface area contributed by atoms with Gasteiger partial charge in [0, 0.05) is 13.1 Å². The molecule has 0 spiro atoms. The molecule has 2 amide bonds. The number of nitrogens with one attached hydrogen (secondary N) is 2. The maximum atomic E-state index is 11.2. The molecule has 0 bridgehead atoms. The maximum absolute atomic E-state index is 11.2. The van der Waals surface area contributed by atoms with Crippen molar-refractivity contribution in [1.29, 1.82) is 0 Å². The van der Waals surface area contributed by atoms with E-state index in [-0.39, 0.29) is 12.6 Å². The molecule has 0 aliphatic rings. The molecule has 0 fully saturated rings. The van der Waals surface area contributed by atoms with Crippen molar-refractivity contribution in [2.75, 3.05) is 19.6 Å². The van der Waals surface area contributed by atoms with Gasteiger partial charge in [-0.05, 0) is 26.3 Å². The maximum Gasteiger partial charge on any atom is 0.314 e. The molecular weight excluding hydrogens is 210 g/mol. The second-order valence-corrected chi connectivity index (χ2v) is 3.97. The molecule has 6 heteroatoms. The van der Waals surface area contributed by atoms with E-state index in [1.54, 1.807) is 13.8 Å². The molecule has 6 nitrogen and oxygen atoms in total. The van der Waals surface area contributed by atoms with Gasteiger partial charge in [-0.25, -0.2) is 4.79 Å². The molecular formula is C10H21N3O3. The van der Waals surface area contributed by atoms with E-state index in [2.05, 4.69) is 10.6 Å². The average Bonchev–Trinajstić information content (AvgIpc) is 2.26. The minimum atomic E-state index is -0.912. The molecule has 5 N–H and O–H groups in total. The largest absolute Gasteiger partial charge is 0.481 e. The average molecular weight is 231 g/mol. The standard InChI is InChI=1S/C10H21N3O3/c1-3-10(2,8(14)15)7-13-9(16)12-6-4-5-11/h3-7,11H2,1-2H3,(H,14,15)(H2,12,13,16). The quantitative estimate of drug-likeness (QED) is 0.468. The highest BCUT2D eigenvalue weighted by Gasteiger charge is 2.31. The van der Waals surface area contributed by atoms with Gasteiger partial charge in [0.15, 0.2) is 0 Å². The highest BCUT2D eigenvalue weighted by Crippen LogP contribution is 2.19. The topological polar surface area (TPSA) is 104 Å². The second-order valence-electron chi connectivity index (χ2n) is 3.97. The fourth-order valence-corrected chi connectivity index (χ4v) is 0.994. The van der Waals surface area contributed by atoms with Crippen molar-refractivity contribution < 1.29 is 14.7 Å². The Morgan fingerprint density at radius 3 is 2.44 bits per heavy atom. The molecule has 1 atom stereocenters. The zero-order valence-electron chi connectivity index (χ0n) is 9.88. The van der Waals surface area contributed by atoms with Gasteiger partial charge in [0.05, 0.1) is 5.41 Å². The summed E-state index contributed by atoms with van der Waals surface area (Å²) in [7, 11) is 0. The first-order valence-corrected chi connectivity index (χ1v) is 5.41.